The number of carbonyl (C=O) groups excluding carboxylic acids is 1. The summed E-state index contributed by atoms with van der Waals surface area (Å²) >= 11 is 0. The first-order valence-corrected chi connectivity index (χ1v) is 10.4. The molecule has 1 fully saturated rings. The molecule has 1 aliphatic heterocycles. The van der Waals surface area contributed by atoms with E-state index in [0.717, 1.165) is 56.3 Å². The van der Waals surface area contributed by atoms with Gasteiger partial charge < -0.3 is 14.8 Å². The highest BCUT2D eigenvalue weighted by molar-refractivity contribution is 5.91. The van der Waals surface area contributed by atoms with Crippen molar-refractivity contribution in [2.45, 2.75) is 33.0 Å². The molecular formula is C21H32N6O3. The van der Waals surface area contributed by atoms with Crippen molar-refractivity contribution in [1.29, 1.82) is 0 Å². The van der Waals surface area contributed by atoms with Gasteiger partial charge in [0.15, 0.2) is 17.2 Å². The molecule has 1 aromatic heterocycles. The SMILES string of the molecule is COc1cccc(CN2CCN(CCn3cc(C(=O)NC(C)C)nn3)CC2)c1OC. The molecule has 0 saturated carbocycles. The maximum atomic E-state index is 12.0. The van der Waals surface area contributed by atoms with E-state index in [-0.39, 0.29) is 11.9 Å². The molecule has 1 amide bonds. The number of amides is 1. The molecule has 164 valence electrons. The van der Waals surface area contributed by atoms with Gasteiger partial charge in [-0.3, -0.25) is 19.3 Å². The standard InChI is InChI=1S/C21H32N6O3/c1-16(2)22-21(28)18-15-27(24-23-18)13-12-25-8-10-26(11-9-25)14-17-6-5-7-19(29-3)20(17)30-4/h5-7,15-16H,8-14H2,1-4H3,(H,22,28). The molecule has 9 nitrogen and oxygen atoms in total. The number of methoxy groups -OCH3 is 2. The summed E-state index contributed by atoms with van der Waals surface area (Å²) in [5, 5.41) is 10.9. The van der Waals surface area contributed by atoms with E-state index < -0.39 is 0 Å². The summed E-state index contributed by atoms with van der Waals surface area (Å²) in [5.41, 5.74) is 1.50. The highest BCUT2D eigenvalue weighted by Gasteiger charge is 2.19. The Bertz CT molecular complexity index is 830. The van der Waals surface area contributed by atoms with Gasteiger partial charge >= 0.3 is 0 Å². The van der Waals surface area contributed by atoms with Gasteiger partial charge in [-0.05, 0) is 19.9 Å². The van der Waals surface area contributed by atoms with E-state index in [1.807, 2.05) is 26.0 Å². The van der Waals surface area contributed by atoms with Crippen LogP contribution in [0.5, 0.6) is 11.5 Å². The zero-order valence-electron chi connectivity index (χ0n) is 18.3. The molecule has 2 heterocycles. The Morgan fingerprint density at radius 1 is 1.10 bits per heavy atom. The first-order chi connectivity index (χ1) is 14.5. The van der Waals surface area contributed by atoms with Gasteiger partial charge in [0.05, 0.1) is 27.0 Å². The highest BCUT2D eigenvalue weighted by Crippen LogP contribution is 2.31. The maximum absolute atomic E-state index is 12.0. The molecule has 1 N–H and O–H groups in total. The van der Waals surface area contributed by atoms with Crippen molar-refractivity contribution in [3.05, 3.63) is 35.7 Å². The minimum absolute atomic E-state index is 0.0795. The van der Waals surface area contributed by atoms with Gasteiger partial charge in [0, 0.05) is 50.9 Å². The van der Waals surface area contributed by atoms with E-state index in [0.29, 0.717) is 12.2 Å². The number of hydrogen-bond acceptors (Lipinski definition) is 7. The average molecular weight is 417 g/mol. The molecule has 0 bridgehead atoms. The number of para-hydroxylation sites is 1. The van der Waals surface area contributed by atoms with Crippen LogP contribution in [0.15, 0.2) is 24.4 Å². The summed E-state index contributed by atoms with van der Waals surface area (Å²) in [5.74, 6) is 1.40. The third kappa shape index (κ3) is 5.70. The predicted molar refractivity (Wildman–Crippen MR) is 114 cm³/mol. The van der Waals surface area contributed by atoms with E-state index in [9.17, 15) is 4.79 Å². The van der Waals surface area contributed by atoms with Crippen molar-refractivity contribution in [3.8, 4) is 11.5 Å². The van der Waals surface area contributed by atoms with Crippen molar-refractivity contribution in [1.82, 2.24) is 30.1 Å². The summed E-state index contributed by atoms with van der Waals surface area (Å²) in [4.78, 5) is 16.8. The van der Waals surface area contributed by atoms with Gasteiger partial charge in [0.25, 0.3) is 5.91 Å². The van der Waals surface area contributed by atoms with Gasteiger partial charge in [-0.1, -0.05) is 17.3 Å². The first kappa shape index (κ1) is 22.0. The molecule has 2 aromatic rings. The van der Waals surface area contributed by atoms with Crippen LogP contribution in [-0.4, -0.2) is 83.7 Å². The third-order valence-electron chi connectivity index (χ3n) is 5.18. The van der Waals surface area contributed by atoms with Crippen LogP contribution >= 0.6 is 0 Å². The molecule has 0 radical (unpaired) electrons. The maximum Gasteiger partial charge on any atom is 0.273 e. The van der Waals surface area contributed by atoms with Crippen molar-refractivity contribution >= 4 is 5.91 Å². The molecule has 1 saturated heterocycles. The normalized spacial score (nSPS) is 15.4. The molecule has 3 rings (SSSR count). The van der Waals surface area contributed by atoms with E-state index in [1.54, 1.807) is 25.1 Å². The van der Waals surface area contributed by atoms with Crippen molar-refractivity contribution in [3.63, 3.8) is 0 Å². The monoisotopic (exact) mass is 416 g/mol. The van der Waals surface area contributed by atoms with Gasteiger partial charge in [0.1, 0.15) is 0 Å². The molecule has 9 heteroatoms. The summed E-state index contributed by atoms with van der Waals surface area (Å²) in [7, 11) is 3.34. The van der Waals surface area contributed by atoms with Crippen molar-refractivity contribution in [2.75, 3.05) is 46.9 Å². The Morgan fingerprint density at radius 2 is 1.83 bits per heavy atom. The topological polar surface area (TPSA) is 84.8 Å². The summed E-state index contributed by atoms with van der Waals surface area (Å²) in [6.07, 6.45) is 1.71. The predicted octanol–water partition coefficient (Wildman–Crippen LogP) is 1.25. The lowest BCUT2D eigenvalue weighted by Gasteiger charge is -2.34. The fraction of sp³-hybridized carbons (Fsp3) is 0.571. The van der Waals surface area contributed by atoms with Crippen LogP contribution in [0.25, 0.3) is 0 Å². The average Bonchev–Trinajstić information content (AvgIpc) is 3.22. The number of nitrogens with zero attached hydrogens (tertiary/aromatic N) is 5. The van der Waals surface area contributed by atoms with Crippen LogP contribution in [0.1, 0.15) is 29.9 Å². The number of nitrogens with one attached hydrogen (secondary N) is 1. The fourth-order valence-corrected chi connectivity index (χ4v) is 3.58. The van der Waals surface area contributed by atoms with Crippen LogP contribution in [0.2, 0.25) is 0 Å². The second-order valence-electron chi connectivity index (χ2n) is 7.77. The fourth-order valence-electron chi connectivity index (χ4n) is 3.58. The van der Waals surface area contributed by atoms with Crippen LogP contribution in [0.4, 0.5) is 0 Å². The third-order valence-corrected chi connectivity index (χ3v) is 5.18. The van der Waals surface area contributed by atoms with E-state index in [2.05, 4.69) is 31.5 Å². The number of carbonyl (C=O) groups is 1. The van der Waals surface area contributed by atoms with E-state index >= 15 is 0 Å². The molecule has 0 spiro atoms. The lowest BCUT2D eigenvalue weighted by Crippen LogP contribution is -2.46. The Morgan fingerprint density at radius 3 is 2.50 bits per heavy atom. The van der Waals surface area contributed by atoms with Crippen LogP contribution in [0, 0.1) is 0 Å². The summed E-state index contributed by atoms with van der Waals surface area (Å²) < 4.78 is 12.7. The Hall–Kier alpha value is -2.65. The van der Waals surface area contributed by atoms with Crippen LogP contribution in [0.3, 0.4) is 0 Å². The number of piperazine rings is 1. The number of ether oxygens (including phenoxy) is 2. The van der Waals surface area contributed by atoms with Crippen LogP contribution in [-0.2, 0) is 13.1 Å². The van der Waals surface area contributed by atoms with Crippen molar-refractivity contribution in [2.24, 2.45) is 0 Å². The lowest BCUT2D eigenvalue weighted by molar-refractivity contribution is 0.0938. The first-order valence-electron chi connectivity index (χ1n) is 10.4. The number of aromatic nitrogens is 3. The second-order valence-corrected chi connectivity index (χ2v) is 7.77. The quantitative estimate of drug-likeness (QED) is 0.659. The number of rotatable bonds is 9. The van der Waals surface area contributed by atoms with Gasteiger partial charge in [-0.2, -0.15) is 0 Å². The Balaban J connectivity index is 1.45. The molecule has 30 heavy (non-hydrogen) atoms. The van der Waals surface area contributed by atoms with Gasteiger partial charge in [-0.15, -0.1) is 5.10 Å². The Labute approximate surface area is 177 Å². The zero-order chi connectivity index (χ0) is 21.5. The molecule has 1 aliphatic rings. The summed E-state index contributed by atoms with van der Waals surface area (Å²) in [6, 6.07) is 6.09. The second kappa shape index (κ2) is 10.4. The Kier molecular flexibility index (Phi) is 7.64. The lowest BCUT2D eigenvalue weighted by atomic mass is 10.1. The largest absolute Gasteiger partial charge is 0.493 e. The molecular weight excluding hydrogens is 384 g/mol. The minimum atomic E-state index is -0.183. The molecule has 0 unspecified atom stereocenters. The molecule has 0 aliphatic carbocycles. The summed E-state index contributed by atoms with van der Waals surface area (Å²) in [6.45, 7) is 10.2. The smallest absolute Gasteiger partial charge is 0.273 e. The van der Waals surface area contributed by atoms with E-state index in [1.165, 1.54) is 0 Å². The zero-order valence-corrected chi connectivity index (χ0v) is 18.3. The van der Waals surface area contributed by atoms with Gasteiger partial charge in [-0.25, -0.2) is 0 Å². The highest BCUT2D eigenvalue weighted by atomic mass is 16.5. The number of hydrogen-bond donors (Lipinski definition) is 1. The molecule has 1 aromatic carbocycles. The van der Waals surface area contributed by atoms with Gasteiger partial charge in [0.2, 0.25) is 0 Å². The minimum Gasteiger partial charge on any atom is -0.493 e. The molecule has 0 atom stereocenters. The van der Waals surface area contributed by atoms with Crippen molar-refractivity contribution < 1.29 is 14.3 Å². The van der Waals surface area contributed by atoms with E-state index in [4.69, 9.17) is 9.47 Å². The number of benzene rings is 1. The van der Waals surface area contributed by atoms with Crippen LogP contribution < -0.4 is 14.8 Å².